The molecule has 0 aromatic heterocycles. The first-order valence-corrected chi connectivity index (χ1v) is 7.98. The summed E-state index contributed by atoms with van der Waals surface area (Å²) < 4.78 is 0. The van der Waals surface area contributed by atoms with Crippen molar-refractivity contribution in [2.45, 2.75) is 45.4 Å². The Morgan fingerprint density at radius 1 is 1.23 bits per heavy atom. The fourth-order valence-electron chi connectivity index (χ4n) is 3.42. The summed E-state index contributed by atoms with van der Waals surface area (Å²) >= 11 is 0. The largest absolute Gasteiger partial charge is 0.287 e. The van der Waals surface area contributed by atoms with Gasteiger partial charge in [0.05, 0.1) is 0 Å². The van der Waals surface area contributed by atoms with Gasteiger partial charge in [0.1, 0.15) is 11.6 Å². The lowest BCUT2D eigenvalue weighted by molar-refractivity contribution is -0.114. The van der Waals surface area contributed by atoms with E-state index < -0.39 is 0 Å². The van der Waals surface area contributed by atoms with Crippen LogP contribution in [0.1, 0.15) is 56.6 Å². The first-order chi connectivity index (χ1) is 10.6. The highest BCUT2D eigenvalue weighted by molar-refractivity contribution is 6.18. The number of rotatable bonds is 2. The summed E-state index contributed by atoms with van der Waals surface area (Å²) in [5, 5.41) is 9.43. The number of nitrogens with zero attached hydrogens (tertiary/aromatic N) is 2. The summed E-state index contributed by atoms with van der Waals surface area (Å²) in [6.07, 6.45) is 4.08. The number of benzene rings is 1. The van der Waals surface area contributed by atoms with Gasteiger partial charge in [-0.25, -0.2) is 4.99 Å². The van der Waals surface area contributed by atoms with Crippen LogP contribution >= 0.6 is 0 Å². The second kappa shape index (κ2) is 5.88. The number of amides is 1. The zero-order chi connectivity index (χ0) is 15.7. The number of allylic oxidation sites excluding steroid dienone is 1. The molecular weight excluding hydrogens is 272 g/mol. The molecule has 3 rings (SSSR count). The van der Waals surface area contributed by atoms with E-state index in [1.807, 2.05) is 12.1 Å². The minimum atomic E-state index is -0.362. The number of fused-ring (bicyclic) bond motifs is 1. The number of carbonyl (C=O) groups is 1. The van der Waals surface area contributed by atoms with E-state index in [0.717, 1.165) is 42.5 Å². The summed E-state index contributed by atoms with van der Waals surface area (Å²) in [6.45, 7) is 4.32. The van der Waals surface area contributed by atoms with Crippen LogP contribution < -0.4 is 0 Å². The fraction of sp³-hybridized carbons (Fsp3) is 0.421. The maximum atomic E-state index is 12.2. The van der Waals surface area contributed by atoms with E-state index >= 15 is 0 Å². The Labute approximate surface area is 131 Å². The molecule has 0 spiro atoms. The van der Waals surface area contributed by atoms with Crippen LogP contribution in [0, 0.1) is 17.2 Å². The van der Waals surface area contributed by atoms with E-state index in [9.17, 15) is 10.1 Å². The average Bonchev–Trinajstić information content (AvgIpc) is 2.53. The van der Waals surface area contributed by atoms with Gasteiger partial charge in [-0.1, -0.05) is 44.5 Å². The molecule has 0 N–H and O–H groups in total. The normalized spacial score (nSPS) is 21.5. The van der Waals surface area contributed by atoms with Crippen molar-refractivity contribution in [1.82, 2.24) is 0 Å². The maximum Gasteiger partial charge on any atom is 0.287 e. The van der Waals surface area contributed by atoms with Crippen molar-refractivity contribution in [2.24, 2.45) is 10.9 Å². The van der Waals surface area contributed by atoms with Crippen LogP contribution in [-0.2, 0) is 4.79 Å². The van der Waals surface area contributed by atoms with E-state index in [-0.39, 0.29) is 17.4 Å². The molecule has 1 aromatic carbocycles. The van der Waals surface area contributed by atoms with E-state index in [1.165, 1.54) is 5.56 Å². The van der Waals surface area contributed by atoms with E-state index in [1.54, 1.807) is 0 Å². The van der Waals surface area contributed by atoms with Crippen molar-refractivity contribution >= 4 is 17.2 Å². The highest BCUT2D eigenvalue weighted by Gasteiger charge is 2.34. The van der Waals surface area contributed by atoms with Crippen LogP contribution in [-0.4, -0.2) is 11.6 Å². The Morgan fingerprint density at radius 2 is 1.95 bits per heavy atom. The molecule has 112 valence electrons. The summed E-state index contributed by atoms with van der Waals surface area (Å²) in [4.78, 5) is 16.3. The Morgan fingerprint density at radius 3 is 2.59 bits per heavy atom. The topological polar surface area (TPSA) is 53.2 Å². The standard InChI is InChI=1S/C19H20N2O/c1-12(2)13-7-9-14(10-8-13)18-15-5-3-4-6-17(15)21-19(22)16(18)11-20/h7-10,12,15H,3-6H2,1-2H3. The molecule has 0 saturated heterocycles. The smallest absolute Gasteiger partial charge is 0.266 e. The van der Waals surface area contributed by atoms with Crippen molar-refractivity contribution in [3.05, 3.63) is 41.0 Å². The molecular formula is C19H20N2O. The Hall–Kier alpha value is -2.21. The zero-order valence-corrected chi connectivity index (χ0v) is 13.1. The predicted octanol–water partition coefficient (Wildman–Crippen LogP) is 4.26. The Kier molecular flexibility index (Phi) is 3.94. The highest BCUT2D eigenvalue weighted by atomic mass is 16.1. The SMILES string of the molecule is CC(C)c1ccc(C2=C(C#N)C(=O)N=C3CCCCC32)cc1. The van der Waals surface area contributed by atoms with Crippen LogP contribution in [0.5, 0.6) is 0 Å². The number of dihydropyridines is 1. The second-order valence-corrected chi connectivity index (χ2v) is 6.38. The fourth-order valence-corrected chi connectivity index (χ4v) is 3.42. The predicted molar refractivity (Wildman–Crippen MR) is 87.5 cm³/mol. The first-order valence-electron chi connectivity index (χ1n) is 7.98. The molecule has 0 bridgehead atoms. The Bertz CT molecular complexity index is 702. The average molecular weight is 292 g/mol. The lowest BCUT2D eigenvalue weighted by Gasteiger charge is -2.30. The minimum Gasteiger partial charge on any atom is -0.266 e. The van der Waals surface area contributed by atoms with E-state index in [2.05, 4.69) is 37.0 Å². The number of aliphatic imine (C=N–C) groups is 1. The van der Waals surface area contributed by atoms with Crippen LogP contribution in [0.4, 0.5) is 0 Å². The number of nitriles is 1. The molecule has 1 aliphatic heterocycles. The van der Waals surface area contributed by atoms with Crippen molar-refractivity contribution in [2.75, 3.05) is 0 Å². The highest BCUT2D eigenvalue weighted by Crippen LogP contribution is 2.39. The molecule has 22 heavy (non-hydrogen) atoms. The van der Waals surface area contributed by atoms with Gasteiger partial charge in [-0.05, 0) is 41.9 Å². The Balaban J connectivity index is 2.08. The number of hydrogen-bond donors (Lipinski definition) is 0. The van der Waals surface area contributed by atoms with Crippen LogP contribution in [0.25, 0.3) is 5.57 Å². The molecule has 1 saturated carbocycles. The van der Waals surface area contributed by atoms with Gasteiger partial charge in [-0.3, -0.25) is 4.79 Å². The van der Waals surface area contributed by atoms with Gasteiger partial charge < -0.3 is 0 Å². The maximum absolute atomic E-state index is 12.2. The van der Waals surface area contributed by atoms with Crippen LogP contribution in [0.15, 0.2) is 34.8 Å². The van der Waals surface area contributed by atoms with Gasteiger partial charge >= 0.3 is 0 Å². The monoisotopic (exact) mass is 292 g/mol. The zero-order valence-electron chi connectivity index (χ0n) is 13.1. The van der Waals surface area contributed by atoms with Crippen molar-refractivity contribution in [3.63, 3.8) is 0 Å². The van der Waals surface area contributed by atoms with Gasteiger partial charge in [0.25, 0.3) is 5.91 Å². The lowest BCUT2D eigenvalue weighted by Crippen LogP contribution is -2.27. The molecule has 3 nitrogen and oxygen atoms in total. The molecule has 0 radical (unpaired) electrons. The molecule has 2 aliphatic rings. The third-order valence-corrected chi connectivity index (χ3v) is 4.65. The van der Waals surface area contributed by atoms with Gasteiger partial charge in [-0.15, -0.1) is 0 Å². The minimum absolute atomic E-state index is 0.144. The van der Waals surface area contributed by atoms with Crippen molar-refractivity contribution in [3.8, 4) is 6.07 Å². The third-order valence-electron chi connectivity index (χ3n) is 4.65. The van der Waals surface area contributed by atoms with Gasteiger partial charge in [0, 0.05) is 11.6 Å². The molecule has 1 amide bonds. The molecule has 1 atom stereocenters. The van der Waals surface area contributed by atoms with E-state index in [4.69, 9.17) is 0 Å². The number of carbonyl (C=O) groups excluding carboxylic acids is 1. The lowest BCUT2D eigenvalue weighted by atomic mass is 9.75. The summed E-state index contributed by atoms with van der Waals surface area (Å²) in [5.41, 5.74) is 4.36. The first kappa shape index (κ1) is 14.7. The molecule has 1 heterocycles. The van der Waals surface area contributed by atoms with Gasteiger partial charge in [0.15, 0.2) is 0 Å². The van der Waals surface area contributed by atoms with Crippen molar-refractivity contribution < 1.29 is 4.79 Å². The van der Waals surface area contributed by atoms with Gasteiger partial charge in [-0.2, -0.15) is 5.26 Å². The van der Waals surface area contributed by atoms with Crippen LogP contribution in [0.3, 0.4) is 0 Å². The van der Waals surface area contributed by atoms with Gasteiger partial charge in [0.2, 0.25) is 0 Å². The molecule has 1 fully saturated rings. The van der Waals surface area contributed by atoms with Crippen LogP contribution in [0.2, 0.25) is 0 Å². The van der Waals surface area contributed by atoms with E-state index in [0.29, 0.717) is 5.92 Å². The summed E-state index contributed by atoms with van der Waals surface area (Å²) in [6, 6.07) is 10.4. The number of hydrogen-bond acceptors (Lipinski definition) is 2. The summed E-state index contributed by atoms with van der Waals surface area (Å²) in [7, 11) is 0. The van der Waals surface area contributed by atoms with Crippen molar-refractivity contribution in [1.29, 1.82) is 5.26 Å². The molecule has 3 heteroatoms. The molecule has 1 aliphatic carbocycles. The molecule has 1 unspecified atom stereocenters. The summed E-state index contributed by atoms with van der Waals surface area (Å²) in [5.74, 6) is 0.253. The quantitative estimate of drug-likeness (QED) is 0.817. The molecule has 1 aromatic rings. The second-order valence-electron chi connectivity index (χ2n) is 6.38. The third kappa shape index (κ3) is 2.50.